The second kappa shape index (κ2) is 11.0. The summed E-state index contributed by atoms with van der Waals surface area (Å²) in [6.45, 7) is 3.71. The Morgan fingerprint density at radius 1 is 1.07 bits per heavy atom. The number of hydrogen-bond acceptors (Lipinski definition) is 10. The third-order valence-corrected chi connectivity index (χ3v) is 2.70. The van der Waals surface area contributed by atoms with E-state index < -0.39 is 10.2 Å². The number of anilines is 1. The van der Waals surface area contributed by atoms with Crippen LogP contribution >= 0.6 is 0 Å². The molecule has 0 saturated carbocycles. The number of para-hydroxylation sites is 1. The Bertz CT molecular complexity index is 912. The molecule has 27 heavy (non-hydrogen) atoms. The minimum atomic E-state index is -1.75. The Hall–Kier alpha value is -3.77. The Balaban J connectivity index is 0.000000646. The van der Waals surface area contributed by atoms with E-state index in [-0.39, 0.29) is 17.1 Å². The number of hydrogen-bond donors (Lipinski definition) is 1. The first-order valence-corrected chi connectivity index (χ1v) is 6.57. The molecule has 145 valence electrons. The molecule has 13 nitrogen and oxygen atoms in total. The summed E-state index contributed by atoms with van der Waals surface area (Å²) in [4.78, 5) is 29.5. The van der Waals surface area contributed by atoms with Crippen LogP contribution in [0.2, 0.25) is 0 Å². The number of nitrogen functional groups attached to an aromatic ring is 1. The van der Waals surface area contributed by atoms with Gasteiger partial charge in [0.1, 0.15) is 5.82 Å². The fourth-order valence-corrected chi connectivity index (χ4v) is 1.83. The number of fused-ring (bicyclic) bond motifs is 1. The molecule has 0 unspecified atom stereocenters. The molecule has 0 atom stereocenters. The number of aromatic nitrogens is 4. The molecule has 0 fully saturated rings. The summed E-state index contributed by atoms with van der Waals surface area (Å²) >= 11 is 0. The van der Waals surface area contributed by atoms with Crippen molar-refractivity contribution in [3.05, 3.63) is 73.9 Å². The van der Waals surface area contributed by atoms with Gasteiger partial charge >= 0.3 is 17.1 Å². The van der Waals surface area contributed by atoms with Crippen LogP contribution in [0.25, 0.3) is 28.8 Å². The van der Waals surface area contributed by atoms with Crippen molar-refractivity contribution in [3.63, 3.8) is 0 Å². The maximum absolute atomic E-state index is 8.25. The molecule has 1 radical (unpaired) electrons. The van der Waals surface area contributed by atoms with E-state index in [4.69, 9.17) is 36.4 Å². The van der Waals surface area contributed by atoms with Crippen molar-refractivity contribution in [2.45, 2.75) is 0 Å². The molecule has 0 aliphatic carbocycles. The van der Waals surface area contributed by atoms with Gasteiger partial charge < -0.3 is 40.9 Å². The third-order valence-electron chi connectivity index (χ3n) is 2.70. The Morgan fingerprint density at radius 2 is 1.63 bits per heavy atom. The molecule has 0 amide bonds. The van der Waals surface area contributed by atoms with Gasteiger partial charge in [-0.1, -0.05) is 18.7 Å². The van der Waals surface area contributed by atoms with Gasteiger partial charge in [-0.25, -0.2) is 15.0 Å². The standard InChI is InChI=1S/C13H11N5.Cu.2NO3/c1-2-18-8-7-15-13(18)12-16-10-6-4-3-5-9(10)11(14)17-12;;2*2-1(3)4/h2-8H,1H2,(H2,14,16,17);;;/q;+2;2*-1. The fraction of sp³-hybridized carbons (Fsp3) is 0. The second-order valence-corrected chi connectivity index (χ2v) is 4.24. The van der Waals surface area contributed by atoms with Crippen molar-refractivity contribution in [1.29, 1.82) is 0 Å². The van der Waals surface area contributed by atoms with Gasteiger partial charge in [-0.05, 0) is 12.1 Å². The van der Waals surface area contributed by atoms with Gasteiger partial charge in [0, 0.05) is 24.0 Å². The first-order chi connectivity index (χ1) is 12.3. The van der Waals surface area contributed by atoms with Crippen LogP contribution < -0.4 is 5.73 Å². The van der Waals surface area contributed by atoms with Crippen LogP contribution in [0.1, 0.15) is 0 Å². The third kappa shape index (κ3) is 7.33. The van der Waals surface area contributed by atoms with Crippen molar-refractivity contribution in [3.8, 4) is 11.6 Å². The Morgan fingerprint density at radius 3 is 2.19 bits per heavy atom. The fourth-order valence-electron chi connectivity index (χ4n) is 1.83. The van der Waals surface area contributed by atoms with E-state index in [1.165, 1.54) is 0 Å². The topological polar surface area (TPSA) is 202 Å². The maximum atomic E-state index is 8.25. The summed E-state index contributed by atoms with van der Waals surface area (Å²) in [5.74, 6) is 1.58. The molecule has 0 aliphatic rings. The summed E-state index contributed by atoms with van der Waals surface area (Å²) in [5.41, 5.74) is 6.74. The molecule has 2 N–H and O–H groups in total. The van der Waals surface area contributed by atoms with Crippen molar-refractivity contribution >= 4 is 22.9 Å². The van der Waals surface area contributed by atoms with Gasteiger partial charge in [-0.2, -0.15) is 0 Å². The summed E-state index contributed by atoms with van der Waals surface area (Å²) in [5, 5.41) is 30.3. The average Bonchev–Trinajstić information content (AvgIpc) is 3.02. The molecule has 0 saturated heterocycles. The molecule has 3 rings (SSSR count). The zero-order chi connectivity index (χ0) is 19.7. The van der Waals surface area contributed by atoms with Crippen LogP contribution in [0.4, 0.5) is 5.82 Å². The van der Waals surface area contributed by atoms with E-state index in [0.717, 1.165) is 10.9 Å². The molecule has 0 spiro atoms. The van der Waals surface area contributed by atoms with Crippen LogP contribution in [0.15, 0.2) is 43.2 Å². The van der Waals surface area contributed by atoms with Crippen LogP contribution in [0.3, 0.4) is 0 Å². The molecule has 14 heteroatoms. The first kappa shape index (κ1) is 23.2. The SMILES string of the molecule is C=Cn1ccnc1-c1nc(N)c2ccccc2n1.O=[N+]([O-])[O-].O=[N+]([O-])[O-].[Cu+2]. The Kier molecular flexibility index (Phi) is 9.43. The normalized spacial score (nSPS) is 8.89. The van der Waals surface area contributed by atoms with E-state index >= 15 is 0 Å². The monoisotopic (exact) mass is 424 g/mol. The second-order valence-electron chi connectivity index (χ2n) is 4.24. The van der Waals surface area contributed by atoms with Crippen molar-refractivity contribution in [2.75, 3.05) is 5.73 Å². The van der Waals surface area contributed by atoms with Crippen LogP contribution in [0.5, 0.6) is 0 Å². The molecule has 2 aromatic heterocycles. The van der Waals surface area contributed by atoms with E-state index in [9.17, 15) is 0 Å². The summed E-state index contributed by atoms with van der Waals surface area (Å²) in [7, 11) is 0. The predicted molar refractivity (Wildman–Crippen MR) is 92.3 cm³/mol. The van der Waals surface area contributed by atoms with Gasteiger partial charge in [0.15, 0.2) is 11.6 Å². The van der Waals surface area contributed by atoms with Crippen molar-refractivity contribution < 1.29 is 27.2 Å². The van der Waals surface area contributed by atoms with Crippen LogP contribution in [-0.4, -0.2) is 29.7 Å². The maximum Gasteiger partial charge on any atom is 2.00 e. The van der Waals surface area contributed by atoms with Gasteiger partial charge in [-0.15, -0.1) is 0 Å². The number of nitrogens with zero attached hydrogens (tertiary/aromatic N) is 6. The molecule has 1 aromatic carbocycles. The van der Waals surface area contributed by atoms with Crippen LogP contribution in [-0.2, 0) is 17.1 Å². The Labute approximate surface area is 161 Å². The quantitative estimate of drug-likeness (QED) is 0.358. The average molecular weight is 425 g/mol. The van der Waals surface area contributed by atoms with Gasteiger partial charge in [-0.3, -0.25) is 0 Å². The van der Waals surface area contributed by atoms with Crippen molar-refractivity contribution in [1.82, 2.24) is 19.5 Å². The largest absolute Gasteiger partial charge is 2.00 e. The van der Waals surface area contributed by atoms with E-state index in [0.29, 0.717) is 17.5 Å². The first-order valence-electron chi connectivity index (χ1n) is 6.57. The molecular formula is C13H11CuN7O6. The zero-order valence-corrected chi connectivity index (χ0v) is 14.2. The molecule has 0 bridgehead atoms. The zero-order valence-electron chi connectivity index (χ0n) is 13.3. The van der Waals surface area contributed by atoms with Crippen LogP contribution in [0, 0.1) is 30.6 Å². The smallest absolute Gasteiger partial charge is 0.383 e. The van der Waals surface area contributed by atoms with Crippen molar-refractivity contribution in [2.24, 2.45) is 0 Å². The summed E-state index contributed by atoms with van der Waals surface area (Å²) in [6, 6.07) is 7.62. The minimum absolute atomic E-state index is 0. The molecule has 2 heterocycles. The van der Waals surface area contributed by atoms with Gasteiger partial charge in [0.05, 0.1) is 15.7 Å². The summed E-state index contributed by atoms with van der Waals surface area (Å²) < 4.78 is 1.75. The number of nitrogens with two attached hydrogens (primary N) is 1. The number of rotatable bonds is 2. The van der Waals surface area contributed by atoms with Gasteiger partial charge in [0.2, 0.25) is 0 Å². The van der Waals surface area contributed by atoms with E-state index in [1.54, 1.807) is 23.2 Å². The molecule has 0 aliphatic heterocycles. The van der Waals surface area contributed by atoms with E-state index in [2.05, 4.69) is 21.5 Å². The minimum Gasteiger partial charge on any atom is -0.383 e. The molecular weight excluding hydrogens is 414 g/mol. The predicted octanol–water partition coefficient (Wildman–Crippen LogP) is 1.70. The van der Waals surface area contributed by atoms with E-state index in [1.807, 2.05) is 24.3 Å². The summed E-state index contributed by atoms with van der Waals surface area (Å²) in [6.07, 6.45) is 5.11. The number of imidazole rings is 1. The number of benzene rings is 1. The molecule has 3 aromatic rings. The van der Waals surface area contributed by atoms with Gasteiger partial charge in [0.25, 0.3) is 0 Å².